The number of rotatable bonds is 2. The van der Waals surface area contributed by atoms with E-state index in [-0.39, 0.29) is 0 Å². The first kappa shape index (κ1) is 13.5. The molecule has 2 aromatic heterocycles. The van der Waals surface area contributed by atoms with E-state index >= 15 is 0 Å². The van der Waals surface area contributed by atoms with Crippen molar-refractivity contribution in [2.24, 2.45) is 0 Å². The van der Waals surface area contributed by atoms with Gasteiger partial charge in [0.05, 0.1) is 18.6 Å². The zero-order valence-corrected chi connectivity index (χ0v) is 12.9. The van der Waals surface area contributed by atoms with Gasteiger partial charge in [0.1, 0.15) is 16.5 Å². The largest absolute Gasteiger partial charge is 0.490 e. The van der Waals surface area contributed by atoms with Crippen LogP contribution in [0.15, 0.2) is 40.4 Å². The second-order valence-corrected chi connectivity index (χ2v) is 6.14. The van der Waals surface area contributed by atoms with Gasteiger partial charge in [0, 0.05) is 17.5 Å². The van der Waals surface area contributed by atoms with E-state index in [9.17, 15) is 0 Å². The van der Waals surface area contributed by atoms with Crippen LogP contribution in [0.4, 0.5) is 0 Å². The van der Waals surface area contributed by atoms with Crippen LogP contribution in [-0.4, -0.2) is 28.2 Å². The van der Waals surface area contributed by atoms with E-state index in [0.717, 1.165) is 44.7 Å². The van der Waals surface area contributed by atoms with Gasteiger partial charge in [0.25, 0.3) is 0 Å². The monoisotopic (exact) mass is 313 g/mol. The summed E-state index contributed by atoms with van der Waals surface area (Å²) in [7, 11) is 0. The van der Waals surface area contributed by atoms with E-state index < -0.39 is 0 Å². The summed E-state index contributed by atoms with van der Waals surface area (Å²) in [6, 6.07) is 8.01. The molecular weight excluding hydrogens is 298 g/mol. The summed E-state index contributed by atoms with van der Waals surface area (Å²) in [6.07, 6.45) is 2.79. The van der Waals surface area contributed by atoms with Gasteiger partial charge < -0.3 is 14.5 Å². The van der Waals surface area contributed by atoms with E-state index in [1.165, 1.54) is 0 Å². The molecule has 0 atom stereocenters. The summed E-state index contributed by atoms with van der Waals surface area (Å²) >= 11 is 1.61. The molecule has 3 aromatic rings. The Morgan fingerprint density at radius 1 is 1.09 bits per heavy atom. The van der Waals surface area contributed by atoms with Gasteiger partial charge in [-0.15, -0.1) is 0 Å². The van der Waals surface area contributed by atoms with Crippen molar-refractivity contribution in [2.75, 3.05) is 13.2 Å². The lowest BCUT2D eigenvalue weighted by molar-refractivity contribution is 0.297. The number of aromatic amines is 1. The van der Waals surface area contributed by atoms with Crippen LogP contribution in [0.2, 0.25) is 0 Å². The Hall–Kier alpha value is -2.21. The number of hydrogen-bond acceptors (Lipinski definition) is 5. The molecule has 1 aromatic carbocycles. The lowest BCUT2D eigenvalue weighted by Crippen LogP contribution is -1.97. The highest BCUT2D eigenvalue weighted by molar-refractivity contribution is 7.99. The third-order valence-electron chi connectivity index (χ3n) is 3.43. The summed E-state index contributed by atoms with van der Waals surface area (Å²) in [5.41, 5.74) is 0.865. The number of benzene rings is 1. The van der Waals surface area contributed by atoms with E-state index in [1.54, 1.807) is 11.8 Å². The minimum atomic E-state index is 0.690. The SMILES string of the molecule is Cc1nc(Sc2ccc3c(c2)OCCCO3)c2cc[nH]c2n1. The van der Waals surface area contributed by atoms with Crippen LogP contribution in [0.5, 0.6) is 11.5 Å². The Labute approximate surface area is 132 Å². The van der Waals surface area contributed by atoms with Gasteiger partial charge >= 0.3 is 0 Å². The molecular formula is C16H15N3O2S. The van der Waals surface area contributed by atoms with Crippen LogP contribution in [0, 0.1) is 6.92 Å². The number of fused-ring (bicyclic) bond motifs is 2. The van der Waals surface area contributed by atoms with E-state index in [2.05, 4.69) is 15.0 Å². The summed E-state index contributed by atoms with van der Waals surface area (Å²) in [5.74, 6) is 2.37. The highest BCUT2D eigenvalue weighted by Gasteiger charge is 2.13. The van der Waals surface area contributed by atoms with Gasteiger partial charge in [-0.25, -0.2) is 9.97 Å². The van der Waals surface area contributed by atoms with E-state index in [1.807, 2.05) is 37.4 Å². The summed E-state index contributed by atoms with van der Waals surface area (Å²) in [6.45, 7) is 3.29. The van der Waals surface area contributed by atoms with Crippen molar-refractivity contribution in [1.29, 1.82) is 0 Å². The molecule has 5 nitrogen and oxygen atoms in total. The smallest absolute Gasteiger partial charge is 0.162 e. The quantitative estimate of drug-likeness (QED) is 0.733. The van der Waals surface area contributed by atoms with Crippen molar-refractivity contribution >= 4 is 22.8 Å². The van der Waals surface area contributed by atoms with Crippen LogP contribution < -0.4 is 9.47 Å². The second-order valence-electron chi connectivity index (χ2n) is 5.08. The highest BCUT2D eigenvalue weighted by Crippen LogP contribution is 2.37. The van der Waals surface area contributed by atoms with Crippen molar-refractivity contribution in [3.63, 3.8) is 0 Å². The molecule has 0 bridgehead atoms. The minimum absolute atomic E-state index is 0.690. The first-order chi connectivity index (χ1) is 10.8. The lowest BCUT2D eigenvalue weighted by Gasteiger charge is -2.09. The number of nitrogens with one attached hydrogen (secondary N) is 1. The molecule has 6 heteroatoms. The molecule has 112 valence electrons. The average Bonchev–Trinajstić information content (AvgIpc) is 2.85. The molecule has 0 amide bonds. The maximum Gasteiger partial charge on any atom is 0.162 e. The zero-order valence-electron chi connectivity index (χ0n) is 12.1. The van der Waals surface area contributed by atoms with Gasteiger partial charge in [0.2, 0.25) is 0 Å². The number of hydrogen-bond donors (Lipinski definition) is 1. The normalized spacial score (nSPS) is 14.0. The van der Waals surface area contributed by atoms with E-state index in [4.69, 9.17) is 9.47 Å². The molecule has 0 aliphatic carbocycles. The van der Waals surface area contributed by atoms with Crippen LogP contribution in [0.3, 0.4) is 0 Å². The van der Waals surface area contributed by atoms with Gasteiger partial charge in [-0.2, -0.15) is 0 Å². The fraction of sp³-hybridized carbons (Fsp3) is 0.250. The van der Waals surface area contributed by atoms with Gasteiger partial charge in [0.15, 0.2) is 11.5 Å². The van der Waals surface area contributed by atoms with Crippen molar-refractivity contribution in [3.05, 3.63) is 36.3 Å². The first-order valence-electron chi connectivity index (χ1n) is 7.19. The molecule has 1 aliphatic heterocycles. The second kappa shape index (κ2) is 5.53. The zero-order chi connectivity index (χ0) is 14.9. The molecule has 0 unspecified atom stereocenters. The minimum Gasteiger partial charge on any atom is -0.490 e. The third kappa shape index (κ3) is 2.50. The van der Waals surface area contributed by atoms with Crippen LogP contribution >= 0.6 is 11.8 Å². The van der Waals surface area contributed by atoms with E-state index in [0.29, 0.717) is 13.2 Å². The molecule has 0 fully saturated rings. The Kier molecular flexibility index (Phi) is 3.38. The average molecular weight is 313 g/mol. The lowest BCUT2D eigenvalue weighted by atomic mass is 10.3. The third-order valence-corrected chi connectivity index (χ3v) is 4.42. The van der Waals surface area contributed by atoms with Gasteiger partial charge in [-0.05, 0) is 31.2 Å². The molecule has 4 rings (SSSR count). The molecule has 1 N–H and O–H groups in total. The molecule has 22 heavy (non-hydrogen) atoms. The van der Waals surface area contributed by atoms with Crippen LogP contribution in [0.1, 0.15) is 12.2 Å². The van der Waals surface area contributed by atoms with Crippen molar-refractivity contribution < 1.29 is 9.47 Å². The Morgan fingerprint density at radius 2 is 1.95 bits per heavy atom. The molecule has 3 heterocycles. The molecule has 0 spiro atoms. The molecule has 0 saturated carbocycles. The number of H-pyrrole nitrogens is 1. The number of aromatic nitrogens is 3. The summed E-state index contributed by atoms with van der Waals surface area (Å²) in [5, 5.41) is 1.97. The summed E-state index contributed by atoms with van der Waals surface area (Å²) < 4.78 is 11.4. The Morgan fingerprint density at radius 3 is 2.86 bits per heavy atom. The Balaban J connectivity index is 1.70. The van der Waals surface area contributed by atoms with Gasteiger partial charge in [-0.1, -0.05) is 11.8 Å². The predicted molar refractivity (Wildman–Crippen MR) is 84.8 cm³/mol. The first-order valence-corrected chi connectivity index (χ1v) is 8.00. The summed E-state index contributed by atoms with van der Waals surface area (Å²) in [4.78, 5) is 13.2. The van der Waals surface area contributed by atoms with Crippen molar-refractivity contribution in [1.82, 2.24) is 15.0 Å². The van der Waals surface area contributed by atoms with Crippen LogP contribution in [0.25, 0.3) is 11.0 Å². The standard InChI is InChI=1S/C16H15N3O2S/c1-10-18-15-12(5-6-17-15)16(19-10)22-11-3-4-13-14(9-11)21-8-2-7-20-13/h3-6,9H,2,7-8H2,1H3,(H,17,18,19). The predicted octanol–water partition coefficient (Wildman–Crippen LogP) is 3.58. The molecule has 1 aliphatic rings. The fourth-order valence-electron chi connectivity index (χ4n) is 2.42. The highest BCUT2D eigenvalue weighted by atomic mass is 32.2. The Bertz CT molecular complexity index is 831. The number of aryl methyl sites for hydroxylation is 1. The van der Waals surface area contributed by atoms with Crippen molar-refractivity contribution in [2.45, 2.75) is 23.3 Å². The molecule has 0 radical (unpaired) electrons. The topological polar surface area (TPSA) is 60.0 Å². The maximum absolute atomic E-state index is 5.75. The van der Waals surface area contributed by atoms with Crippen LogP contribution in [-0.2, 0) is 0 Å². The number of nitrogens with zero attached hydrogens (tertiary/aromatic N) is 2. The fourth-order valence-corrected chi connectivity index (χ4v) is 3.39. The number of ether oxygens (including phenoxy) is 2. The van der Waals surface area contributed by atoms with Gasteiger partial charge in [-0.3, -0.25) is 0 Å². The molecule has 0 saturated heterocycles. The maximum atomic E-state index is 5.75. The van der Waals surface area contributed by atoms with Crippen molar-refractivity contribution in [3.8, 4) is 11.5 Å².